The lowest BCUT2D eigenvalue weighted by atomic mass is 10.2. The highest BCUT2D eigenvalue weighted by Gasteiger charge is 2.36. The van der Waals surface area contributed by atoms with E-state index in [0.717, 1.165) is 6.07 Å². The molecule has 0 bridgehead atoms. The van der Waals surface area contributed by atoms with Crippen molar-refractivity contribution in [1.82, 2.24) is 0 Å². The van der Waals surface area contributed by atoms with Gasteiger partial charge in [0.25, 0.3) is 5.91 Å². The zero-order valence-corrected chi connectivity index (χ0v) is 18.1. The van der Waals surface area contributed by atoms with Gasteiger partial charge in [-0.2, -0.15) is 0 Å². The molecule has 0 spiro atoms. The van der Waals surface area contributed by atoms with Gasteiger partial charge in [-0.25, -0.2) is 4.39 Å². The van der Waals surface area contributed by atoms with Gasteiger partial charge in [-0.3, -0.25) is 9.36 Å². The summed E-state index contributed by atoms with van der Waals surface area (Å²) in [5, 5.41) is 13.1. The molecular weight excluding hydrogens is 428 g/mol. The Bertz CT molecular complexity index is 960. The molecule has 1 aliphatic heterocycles. The monoisotopic (exact) mass is 453 g/mol. The number of nitrogens with one attached hydrogen (secondary N) is 1. The first-order chi connectivity index (χ1) is 14.9. The quantitative estimate of drug-likeness (QED) is 0.519. The molecule has 8 nitrogen and oxygen atoms in total. The third-order valence-corrected chi connectivity index (χ3v) is 6.65. The third-order valence-electron chi connectivity index (χ3n) is 4.52. The normalized spacial score (nSPS) is 16.8. The van der Waals surface area contributed by atoms with Crippen LogP contribution in [0.1, 0.15) is 31.7 Å². The van der Waals surface area contributed by atoms with E-state index in [-0.39, 0.29) is 43.5 Å². The Labute approximate surface area is 179 Å². The molecule has 0 aromatic heterocycles. The van der Waals surface area contributed by atoms with Crippen LogP contribution in [0.25, 0.3) is 0 Å². The van der Waals surface area contributed by atoms with Crippen molar-refractivity contribution in [1.29, 1.82) is 0 Å². The molecule has 2 aromatic carbocycles. The first-order valence-electron chi connectivity index (χ1n) is 9.93. The van der Waals surface area contributed by atoms with Crippen molar-refractivity contribution in [3.63, 3.8) is 0 Å². The third kappa shape index (κ3) is 5.43. The number of carbonyl (C=O) groups excluding carboxylic acids is 1. The zero-order valence-electron chi connectivity index (χ0n) is 17.2. The lowest BCUT2D eigenvalue weighted by Crippen LogP contribution is -2.38. The van der Waals surface area contributed by atoms with E-state index in [4.69, 9.17) is 18.5 Å². The van der Waals surface area contributed by atoms with Gasteiger partial charge in [0.05, 0.1) is 25.5 Å². The lowest BCUT2D eigenvalue weighted by Gasteiger charge is -2.25. The van der Waals surface area contributed by atoms with Gasteiger partial charge < -0.3 is 28.9 Å². The van der Waals surface area contributed by atoms with Crippen LogP contribution >= 0.6 is 7.60 Å². The minimum Gasteiger partial charge on any atom is -0.490 e. The Hall–Kier alpha value is -2.45. The number of carbonyl (C=O) groups is 1. The highest BCUT2D eigenvalue weighted by atomic mass is 31.2. The summed E-state index contributed by atoms with van der Waals surface area (Å²) in [4.78, 5) is 12.1. The molecule has 168 valence electrons. The number of aliphatic hydroxyl groups is 1. The number of anilines is 1. The molecule has 0 aliphatic carbocycles. The van der Waals surface area contributed by atoms with Crippen LogP contribution in [0.3, 0.4) is 0 Å². The Morgan fingerprint density at radius 2 is 1.90 bits per heavy atom. The molecule has 10 heteroatoms. The second-order valence-corrected chi connectivity index (χ2v) is 8.75. The predicted molar refractivity (Wildman–Crippen MR) is 112 cm³/mol. The smallest absolute Gasteiger partial charge is 0.363 e. The largest absolute Gasteiger partial charge is 0.490 e. The van der Waals surface area contributed by atoms with Crippen LogP contribution in [0.2, 0.25) is 0 Å². The van der Waals surface area contributed by atoms with Gasteiger partial charge in [0.15, 0.2) is 23.5 Å². The molecule has 1 aliphatic rings. The minimum atomic E-state index is -3.85. The predicted octanol–water partition coefficient (Wildman–Crippen LogP) is 4.25. The Morgan fingerprint density at radius 3 is 2.58 bits per heavy atom. The number of halogens is 1. The highest BCUT2D eigenvalue weighted by Crippen LogP contribution is 2.59. The number of aliphatic hydroxyl groups excluding tert-OH is 1. The number of fused-ring (bicyclic) bond motifs is 1. The molecule has 0 saturated carbocycles. The molecule has 31 heavy (non-hydrogen) atoms. The minimum absolute atomic E-state index is 0.0233. The number of rotatable bonds is 10. The number of amides is 1. The fourth-order valence-electron chi connectivity index (χ4n) is 3.07. The zero-order chi connectivity index (χ0) is 22.4. The van der Waals surface area contributed by atoms with Crippen molar-refractivity contribution in [2.24, 2.45) is 0 Å². The van der Waals surface area contributed by atoms with Crippen LogP contribution < -0.4 is 14.8 Å². The molecule has 1 heterocycles. The average Bonchev–Trinajstić information content (AvgIpc) is 2.75. The summed E-state index contributed by atoms with van der Waals surface area (Å²) in [6.07, 6.45) is -0.559. The Kier molecular flexibility index (Phi) is 7.67. The first kappa shape index (κ1) is 23.2. The Balaban J connectivity index is 1.61. The molecule has 3 rings (SSSR count). The van der Waals surface area contributed by atoms with Crippen LogP contribution in [0, 0.1) is 5.82 Å². The summed E-state index contributed by atoms with van der Waals surface area (Å²) in [5.41, 5.74) is 0.642. The number of ether oxygens (including phenoxy) is 2. The molecule has 2 aromatic rings. The van der Waals surface area contributed by atoms with Gasteiger partial charge in [0, 0.05) is 6.42 Å². The van der Waals surface area contributed by atoms with E-state index >= 15 is 0 Å². The molecule has 0 saturated heterocycles. The summed E-state index contributed by atoms with van der Waals surface area (Å²) in [6.45, 7) is 3.39. The van der Waals surface area contributed by atoms with Crippen LogP contribution in [0.4, 0.5) is 10.1 Å². The van der Waals surface area contributed by atoms with Gasteiger partial charge in [-0.05, 0) is 43.7 Å². The van der Waals surface area contributed by atoms with E-state index < -0.39 is 25.4 Å². The van der Waals surface area contributed by atoms with Gasteiger partial charge in [0.1, 0.15) is 5.75 Å². The van der Waals surface area contributed by atoms with Crippen LogP contribution in [0.15, 0.2) is 42.5 Å². The fourth-order valence-corrected chi connectivity index (χ4v) is 4.68. The molecule has 0 fully saturated rings. The van der Waals surface area contributed by atoms with Crippen LogP contribution in [0.5, 0.6) is 11.5 Å². The molecule has 2 N–H and O–H groups in total. The van der Waals surface area contributed by atoms with E-state index in [1.807, 2.05) is 0 Å². The van der Waals surface area contributed by atoms with E-state index in [1.54, 1.807) is 38.1 Å². The number of hydrogen-bond donors (Lipinski definition) is 2. The highest BCUT2D eigenvalue weighted by molar-refractivity contribution is 7.54. The average molecular weight is 453 g/mol. The molecule has 2 atom stereocenters. The van der Waals surface area contributed by atoms with Gasteiger partial charge >= 0.3 is 7.60 Å². The van der Waals surface area contributed by atoms with Gasteiger partial charge in [-0.1, -0.05) is 18.2 Å². The van der Waals surface area contributed by atoms with E-state index in [9.17, 15) is 18.9 Å². The molecule has 1 amide bonds. The maximum absolute atomic E-state index is 14.5. The summed E-state index contributed by atoms with van der Waals surface area (Å²) >= 11 is 0. The number of para-hydroxylation sites is 2. The van der Waals surface area contributed by atoms with Crippen LogP contribution in [-0.4, -0.2) is 36.9 Å². The second kappa shape index (κ2) is 10.2. The molecular formula is C21H25FNO7P. The Morgan fingerprint density at radius 1 is 1.19 bits per heavy atom. The standard InChI is InChI=1S/C21H25FNO7P/c1-3-28-31(26,29-4-2)21(25)14-9-10-17(15(22)13-14)27-12-11-19-20(24)23-16-7-5-6-8-18(16)30-19/h5-10,13,19,21,25H,3-4,11-12H2,1-2H3,(H,23,24). The van der Waals surface area contributed by atoms with Gasteiger partial charge in [-0.15, -0.1) is 0 Å². The van der Waals surface area contributed by atoms with E-state index in [2.05, 4.69) is 5.32 Å². The van der Waals surface area contributed by atoms with Crippen molar-refractivity contribution in [2.75, 3.05) is 25.1 Å². The first-order valence-corrected chi connectivity index (χ1v) is 11.5. The summed E-state index contributed by atoms with van der Waals surface area (Å²) in [7, 11) is -3.85. The summed E-state index contributed by atoms with van der Waals surface area (Å²) in [5.74, 6) is -2.20. The summed E-state index contributed by atoms with van der Waals surface area (Å²) in [6, 6.07) is 10.8. The van der Waals surface area contributed by atoms with Crippen molar-refractivity contribution in [3.05, 3.63) is 53.8 Å². The number of hydrogen-bond acceptors (Lipinski definition) is 7. The van der Waals surface area contributed by atoms with Crippen molar-refractivity contribution in [2.45, 2.75) is 32.2 Å². The van der Waals surface area contributed by atoms with Crippen molar-refractivity contribution < 1.29 is 37.4 Å². The van der Waals surface area contributed by atoms with E-state index in [1.165, 1.54) is 12.1 Å². The molecule has 2 unspecified atom stereocenters. The topological polar surface area (TPSA) is 103 Å². The maximum atomic E-state index is 14.5. The van der Waals surface area contributed by atoms with E-state index in [0.29, 0.717) is 11.4 Å². The SMILES string of the molecule is CCOP(=O)(OCC)C(O)c1ccc(OCCC2Oc3ccccc3NC2=O)c(F)c1. The second-order valence-electron chi connectivity index (χ2n) is 6.67. The fraction of sp³-hybridized carbons (Fsp3) is 0.381. The lowest BCUT2D eigenvalue weighted by molar-refractivity contribution is -0.124. The van der Waals surface area contributed by atoms with Crippen LogP contribution in [-0.2, 0) is 18.4 Å². The van der Waals surface area contributed by atoms with Gasteiger partial charge in [0.2, 0.25) is 0 Å². The maximum Gasteiger partial charge on any atom is 0.363 e. The molecule has 0 radical (unpaired) electrons. The van der Waals surface area contributed by atoms with Crippen molar-refractivity contribution in [3.8, 4) is 11.5 Å². The van der Waals surface area contributed by atoms with Crippen molar-refractivity contribution >= 4 is 19.2 Å². The number of benzene rings is 2. The summed E-state index contributed by atoms with van der Waals surface area (Å²) < 4.78 is 48.5.